The van der Waals surface area contributed by atoms with Gasteiger partial charge in [0.1, 0.15) is 0 Å². The number of carbonyl (C=O) groups excluding carboxylic acids is 1. The van der Waals surface area contributed by atoms with Gasteiger partial charge in [0.2, 0.25) is 6.79 Å². The zero-order valence-corrected chi connectivity index (χ0v) is 14.0. The average Bonchev–Trinajstić information content (AvgIpc) is 3.26. The van der Waals surface area contributed by atoms with Gasteiger partial charge in [0.25, 0.3) is 0 Å². The molecule has 1 N–H and O–H groups in total. The number of carboxylic acids is 1. The van der Waals surface area contributed by atoms with E-state index in [9.17, 15) is 9.59 Å². The standard InChI is InChI=1S/C20H17NO5/c22-15(6-7-19(23)24)11-21-9-8-13-4-5-14(10-17(13)21)16-2-1-3-18-20(16)26-12-25-18/h1-5,8-10H,6-7,11-12H2,(H,23,24). The fourth-order valence-electron chi connectivity index (χ4n) is 3.16. The number of carboxylic acid groups (broad SMARTS) is 1. The van der Waals surface area contributed by atoms with Gasteiger partial charge in [-0.2, -0.15) is 0 Å². The fourth-order valence-corrected chi connectivity index (χ4v) is 3.16. The van der Waals surface area contributed by atoms with Crippen molar-refractivity contribution in [3.8, 4) is 22.6 Å². The summed E-state index contributed by atoms with van der Waals surface area (Å²) in [6.45, 7) is 0.371. The van der Waals surface area contributed by atoms with Crippen LogP contribution < -0.4 is 9.47 Å². The summed E-state index contributed by atoms with van der Waals surface area (Å²) in [5, 5.41) is 9.74. The van der Waals surface area contributed by atoms with Gasteiger partial charge in [-0.1, -0.05) is 24.3 Å². The zero-order valence-electron chi connectivity index (χ0n) is 14.0. The Morgan fingerprint density at radius 3 is 2.81 bits per heavy atom. The second kappa shape index (κ2) is 6.55. The van der Waals surface area contributed by atoms with Gasteiger partial charge in [0.15, 0.2) is 17.3 Å². The van der Waals surface area contributed by atoms with Crippen LogP contribution in [0.15, 0.2) is 48.7 Å². The minimum Gasteiger partial charge on any atom is -0.481 e. The molecule has 1 aliphatic heterocycles. The number of benzene rings is 2. The predicted octanol–water partition coefficient (Wildman–Crippen LogP) is 3.47. The third-order valence-electron chi connectivity index (χ3n) is 4.45. The van der Waals surface area contributed by atoms with Crippen molar-refractivity contribution in [1.29, 1.82) is 0 Å². The van der Waals surface area contributed by atoms with Crippen LogP contribution in [0, 0.1) is 0 Å². The SMILES string of the molecule is O=C(O)CCC(=O)Cn1ccc2ccc(-c3cccc4c3OCO4)cc21. The Labute approximate surface area is 149 Å². The molecular weight excluding hydrogens is 334 g/mol. The Bertz CT molecular complexity index is 1000. The number of para-hydroxylation sites is 1. The first-order valence-corrected chi connectivity index (χ1v) is 8.33. The number of ketones is 1. The van der Waals surface area contributed by atoms with E-state index in [-0.39, 0.29) is 32.0 Å². The number of aromatic nitrogens is 1. The molecule has 0 saturated carbocycles. The number of ether oxygens (including phenoxy) is 2. The monoisotopic (exact) mass is 351 g/mol. The normalized spacial score (nSPS) is 12.5. The highest BCUT2D eigenvalue weighted by Crippen LogP contribution is 2.41. The van der Waals surface area contributed by atoms with Gasteiger partial charge in [0.05, 0.1) is 13.0 Å². The molecular formula is C20H17NO5. The molecule has 4 rings (SSSR count). The summed E-state index contributed by atoms with van der Waals surface area (Å²) in [6.07, 6.45) is 1.74. The smallest absolute Gasteiger partial charge is 0.303 e. The molecule has 132 valence electrons. The van der Waals surface area contributed by atoms with E-state index in [1.54, 1.807) is 0 Å². The molecule has 0 unspecified atom stereocenters. The number of hydrogen-bond acceptors (Lipinski definition) is 4. The lowest BCUT2D eigenvalue weighted by molar-refractivity contribution is -0.138. The largest absolute Gasteiger partial charge is 0.481 e. The van der Waals surface area contributed by atoms with Crippen LogP contribution in [0.3, 0.4) is 0 Å². The first-order chi connectivity index (χ1) is 12.6. The molecule has 1 aliphatic rings. The van der Waals surface area contributed by atoms with Crippen molar-refractivity contribution in [2.45, 2.75) is 19.4 Å². The molecule has 6 heteroatoms. The van der Waals surface area contributed by atoms with E-state index in [1.807, 2.05) is 53.2 Å². The van der Waals surface area contributed by atoms with Crippen LogP contribution in [0.2, 0.25) is 0 Å². The summed E-state index contributed by atoms with van der Waals surface area (Å²) in [5.74, 6) is 0.384. The number of aliphatic carboxylic acids is 1. The van der Waals surface area contributed by atoms with Gasteiger partial charge in [0, 0.05) is 23.7 Å². The maximum absolute atomic E-state index is 12.0. The lowest BCUT2D eigenvalue weighted by atomic mass is 10.0. The third-order valence-corrected chi connectivity index (χ3v) is 4.45. The molecule has 0 aliphatic carbocycles. The minimum absolute atomic E-state index is 0.0338. The van der Waals surface area contributed by atoms with Crippen molar-refractivity contribution in [1.82, 2.24) is 4.57 Å². The Morgan fingerprint density at radius 1 is 1.08 bits per heavy atom. The molecule has 2 heterocycles. The number of hydrogen-bond donors (Lipinski definition) is 1. The van der Waals surface area contributed by atoms with E-state index < -0.39 is 5.97 Å². The topological polar surface area (TPSA) is 77.8 Å². The quantitative estimate of drug-likeness (QED) is 0.736. The highest BCUT2D eigenvalue weighted by atomic mass is 16.7. The van der Waals surface area contributed by atoms with Crippen LogP contribution in [0.25, 0.3) is 22.0 Å². The van der Waals surface area contributed by atoms with E-state index in [2.05, 4.69) is 0 Å². The van der Waals surface area contributed by atoms with Gasteiger partial charge in [-0.25, -0.2) is 0 Å². The Morgan fingerprint density at radius 2 is 1.96 bits per heavy atom. The summed E-state index contributed by atoms with van der Waals surface area (Å²) < 4.78 is 12.9. The molecule has 26 heavy (non-hydrogen) atoms. The highest BCUT2D eigenvalue weighted by molar-refractivity contribution is 5.89. The Kier molecular flexibility index (Phi) is 4.08. The van der Waals surface area contributed by atoms with Gasteiger partial charge >= 0.3 is 5.97 Å². The fraction of sp³-hybridized carbons (Fsp3) is 0.200. The minimum atomic E-state index is -0.960. The summed E-state index contributed by atoms with van der Waals surface area (Å²) in [5.41, 5.74) is 2.83. The van der Waals surface area contributed by atoms with Gasteiger partial charge in [-0.05, 0) is 29.1 Å². The van der Waals surface area contributed by atoms with Gasteiger partial charge < -0.3 is 19.1 Å². The maximum atomic E-state index is 12.0. The van der Waals surface area contributed by atoms with Crippen molar-refractivity contribution in [3.05, 3.63) is 48.7 Å². The molecule has 6 nitrogen and oxygen atoms in total. The molecule has 0 bridgehead atoms. The molecule has 0 saturated heterocycles. The summed E-state index contributed by atoms with van der Waals surface area (Å²) in [4.78, 5) is 22.7. The Hall–Kier alpha value is -3.28. The summed E-state index contributed by atoms with van der Waals surface area (Å²) in [7, 11) is 0. The predicted molar refractivity (Wildman–Crippen MR) is 95.4 cm³/mol. The van der Waals surface area contributed by atoms with Crippen molar-refractivity contribution in [2.75, 3.05) is 6.79 Å². The van der Waals surface area contributed by atoms with E-state index in [0.717, 1.165) is 33.5 Å². The third kappa shape index (κ3) is 3.01. The molecule has 3 aromatic rings. The summed E-state index contributed by atoms with van der Waals surface area (Å²) in [6, 6.07) is 13.7. The lowest BCUT2D eigenvalue weighted by Gasteiger charge is -2.09. The van der Waals surface area contributed by atoms with E-state index in [1.165, 1.54) is 0 Å². The second-order valence-electron chi connectivity index (χ2n) is 6.19. The van der Waals surface area contributed by atoms with Gasteiger partial charge in [-0.15, -0.1) is 0 Å². The molecule has 1 aromatic heterocycles. The number of fused-ring (bicyclic) bond motifs is 2. The molecule has 0 spiro atoms. The van der Waals surface area contributed by atoms with E-state index >= 15 is 0 Å². The van der Waals surface area contributed by atoms with Crippen LogP contribution in [-0.2, 0) is 16.1 Å². The molecule has 0 atom stereocenters. The van der Waals surface area contributed by atoms with E-state index in [0.29, 0.717) is 0 Å². The highest BCUT2D eigenvalue weighted by Gasteiger charge is 2.19. The number of nitrogens with zero attached hydrogens (tertiary/aromatic N) is 1. The first-order valence-electron chi connectivity index (χ1n) is 8.33. The number of carbonyl (C=O) groups is 2. The van der Waals surface area contributed by atoms with Crippen LogP contribution in [-0.4, -0.2) is 28.2 Å². The van der Waals surface area contributed by atoms with E-state index in [4.69, 9.17) is 14.6 Å². The number of rotatable bonds is 6. The molecule has 0 amide bonds. The zero-order chi connectivity index (χ0) is 18.1. The van der Waals surface area contributed by atoms with Crippen LogP contribution in [0.4, 0.5) is 0 Å². The van der Waals surface area contributed by atoms with Crippen LogP contribution >= 0.6 is 0 Å². The van der Waals surface area contributed by atoms with Crippen LogP contribution in [0.5, 0.6) is 11.5 Å². The molecule has 0 fully saturated rings. The lowest BCUT2D eigenvalue weighted by Crippen LogP contribution is -2.10. The molecule has 2 aromatic carbocycles. The second-order valence-corrected chi connectivity index (χ2v) is 6.19. The average molecular weight is 351 g/mol. The van der Waals surface area contributed by atoms with Crippen molar-refractivity contribution >= 4 is 22.7 Å². The number of Topliss-reactive ketones (excluding diaryl/α,β-unsaturated/α-hetero) is 1. The van der Waals surface area contributed by atoms with Crippen molar-refractivity contribution in [2.24, 2.45) is 0 Å². The van der Waals surface area contributed by atoms with Crippen LogP contribution in [0.1, 0.15) is 12.8 Å². The first kappa shape index (κ1) is 16.2. The Balaban J connectivity index is 1.66. The van der Waals surface area contributed by atoms with Crippen molar-refractivity contribution < 1.29 is 24.2 Å². The van der Waals surface area contributed by atoms with Gasteiger partial charge in [-0.3, -0.25) is 9.59 Å². The molecule has 0 radical (unpaired) electrons. The van der Waals surface area contributed by atoms with Crippen molar-refractivity contribution in [3.63, 3.8) is 0 Å². The maximum Gasteiger partial charge on any atom is 0.303 e. The summed E-state index contributed by atoms with van der Waals surface area (Å²) >= 11 is 0.